The third-order valence-corrected chi connectivity index (χ3v) is 7.07. The van der Waals surface area contributed by atoms with Crippen molar-refractivity contribution in [2.24, 2.45) is 0 Å². The summed E-state index contributed by atoms with van der Waals surface area (Å²) in [4.78, 5) is -0.560. The summed E-state index contributed by atoms with van der Waals surface area (Å²) in [5.74, 6) is 1.26. The summed E-state index contributed by atoms with van der Waals surface area (Å²) in [5, 5.41) is 37.3. The third-order valence-electron chi connectivity index (χ3n) is 5.17. The summed E-state index contributed by atoms with van der Waals surface area (Å²) < 4.78 is 74.1. The average Bonchev–Trinajstić information content (AvgIpc) is 3.23. The Morgan fingerprint density at radius 2 is 1.89 bits per heavy atom. The number of phenols is 1. The number of hydrogen-bond acceptors (Lipinski definition) is 8. The average molecular weight is 533 g/mol. The quantitative estimate of drug-likeness (QED) is 0.516. The number of sulfonamides is 1. The van der Waals surface area contributed by atoms with Gasteiger partial charge in [0.2, 0.25) is 10.0 Å². The standard InChI is InChI=1S/C13H13F3N2O4S.C10H14O3/c14-13(15,16)10-1-2-11(9(5-10)6-17)23(21,22)18-4-3-12(20,7-18)8-19;1-7(2)13-10-6-8(12-3)4-5-9(10)11/h1-2,5,19-20H,3-4,7-8H2;4-7,11H,1-3H3. The van der Waals surface area contributed by atoms with Crippen molar-refractivity contribution in [1.29, 1.82) is 5.26 Å². The van der Waals surface area contributed by atoms with Crippen LogP contribution in [0.4, 0.5) is 13.2 Å². The molecular weight excluding hydrogens is 505 g/mol. The predicted octanol–water partition coefficient (Wildman–Crippen LogP) is 2.88. The Hall–Kier alpha value is -3.05. The van der Waals surface area contributed by atoms with Crippen molar-refractivity contribution in [2.45, 2.75) is 43.0 Å². The molecule has 36 heavy (non-hydrogen) atoms. The van der Waals surface area contributed by atoms with E-state index in [2.05, 4.69) is 0 Å². The Kier molecular flexibility index (Phi) is 9.19. The molecule has 1 aliphatic rings. The number of rotatable bonds is 6. The van der Waals surface area contributed by atoms with Crippen molar-refractivity contribution < 1.29 is 46.4 Å². The number of phenolic OH excluding ortho intramolecular Hbond substituents is 1. The van der Waals surface area contributed by atoms with E-state index in [1.54, 1.807) is 25.3 Å². The fraction of sp³-hybridized carbons (Fsp3) is 0.435. The van der Waals surface area contributed by atoms with Crippen molar-refractivity contribution in [3.63, 3.8) is 0 Å². The van der Waals surface area contributed by atoms with Crippen LogP contribution in [-0.4, -0.2) is 66.6 Å². The van der Waals surface area contributed by atoms with E-state index in [1.165, 1.54) is 6.07 Å². The summed E-state index contributed by atoms with van der Waals surface area (Å²) in [6, 6.07) is 8.14. The van der Waals surface area contributed by atoms with Crippen LogP contribution in [0.1, 0.15) is 31.4 Å². The summed E-state index contributed by atoms with van der Waals surface area (Å²) in [7, 11) is -2.68. The molecule has 1 heterocycles. The maximum atomic E-state index is 12.7. The van der Waals surface area contributed by atoms with Gasteiger partial charge in [0.15, 0.2) is 11.5 Å². The molecule has 198 valence electrons. The van der Waals surface area contributed by atoms with Crippen molar-refractivity contribution in [2.75, 3.05) is 26.8 Å². The molecule has 0 bridgehead atoms. The number of benzene rings is 2. The Bertz CT molecular complexity index is 1210. The molecule has 3 rings (SSSR count). The largest absolute Gasteiger partial charge is 0.504 e. The lowest BCUT2D eigenvalue weighted by atomic mass is 10.1. The first kappa shape index (κ1) is 29.2. The minimum Gasteiger partial charge on any atom is -0.504 e. The number of ether oxygens (including phenoxy) is 2. The monoisotopic (exact) mass is 532 g/mol. The van der Waals surface area contributed by atoms with E-state index >= 15 is 0 Å². The maximum Gasteiger partial charge on any atom is 0.416 e. The summed E-state index contributed by atoms with van der Waals surface area (Å²) in [6.07, 6.45) is -4.66. The zero-order chi connectivity index (χ0) is 27.3. The summed E-state index contributed by atoms with van der Waals surface area (Å²) in [5.41, 5.74) is -3.34. The highest BCUT2D eigenvalue weighted by Crippen LogP contribution is 2.34. The molecule has 1 aliphatic heterocycles. The van der Waals surface area contributed by atoms with Crippen LogP contribution >= 0.6 is 0 Å². The molecule has 0 saturated carbocycles. The number of alkyl halides is 3. The van der Waals surface area contributed by atoms with Crippen LogP contribution in [0.2, 0.25) is 0 Å². The Labute approximate surface area is 207 Å². The highest BCUT2D eigenvalue weighted by atomic mass is 32.2. The molecule has 9 nitrogen and oxygen atoms in total. The minimum absolute atomic E-state index is 0.00868. The number of aliphatic hydroxyl groups is 2. The van der Waals surface area contributed by atoms with Gasteiger partial charge in [0.25, 0.3) is 0 Å². The molecule has 1 fully saturated rings. The molecule has 1 saturated heterocycles. The number of hydrogen-bond donors (Lipinski definition) is 3. The number of aliphatic hydroxyl groups excluding tert-OH is 1. The molecule has 0 amide bonds. The molecule has 3 N–H and O–H groups in total. The first-order valence-electron chi connectivity index (χ1n) is 10.7. The lowest BCUT2D eigenvalue weighted by Crippen LogP contribution is -2.39. The SMILES string of the molecule is COc1ccc(O)c(OC(C)C)c1.N#Cc1cc(C(F)(F)F)ccc1S(=O)(=O)N1CCC(O)(CO)C1. The van der Waals surface area contributed by atoms with Crippen LogP contribution in [-0.2, 0) is 16.2 Å². The highest BCUT2D eigenvalue weighted by Gasteiger charge is 2.42. The molecule has 0 aliphatic carbocycles. The zero-order valence-corrected chi connectivity index (χ0v) is 20.6. The molecule has 0 aromatic heterocycles. The lowest BCUT2D eigenvalue weighted by Gasteiger charge is -2.21. The topological polar surface area (TPSA) is 140 Å². The van der Waals surface area contributed by atoms with E-state index in [0.29, 0.717) is 23.6 Å². The van der Waals surface area contributed by atoms with Crippen molar-refractivity contribution in [3.05, 3.63) is 47.5 Å². The van der Waals surface area contributed by atoms with Crippen LogP contribution in [0.3, 0.4) is 0 Å². The van der Waals surface area contributed by atoms with Crippen LogP contribution in [0, 0.1) is 11.3 Å². The number of halogens is 3. The molecule has 0 spiro atoms. The molecule has 2 aromatic rings. The van der Waals surface area contributed by atoms with Crippen LogP contribution in [0.5, 0.6) is 17.2 Å². The number of methoxy groups -OCH3 is 1. The second kappa shape index (κ2) is 11.3. The second-order valence-electron chi connectivity index (χ2n) is 8.29. The fourth-order valence-corrected chi connectivity index (χ4v) is 4.92. The molecule has 1 atom stereocenters. The number of β-amino-alcohol motifs (C(OH)–C–C–N with tert-alkyl or cyclic N) is 1. The van der Waals surface area contributed by atoms with E-state index in [4.69, 9.17) is 19.8 Å². The van der Waals surface area contributed by atoms with Gasteiger partial charge in [-0.3, -0.25) is 0 Å². The van der Waals surface area contributed by atoms with E-state index in [9.17, 15) is 31.8 Å². The van der Waals surface area contributed by atoms with Crippen molar-refractivity contribution in [1.82, 2.24) is 4.31 Å². The van der Waals surface area contributed by atoms with Gasteiger partial charge in [-0.1, -0.05) is 0 Å². The second-order valence-corrected chi connectivity index (χ2v) is 10.2. The minimum atomic E-state index is -4.70. The van der Waals surface area contributed by atoms with E-state index in [-0.39, 0.29) is 24.8 Å². The van der Waals surface area contributed by atoms with Gasteiger partial charge in [0.1, 0.15) is 17.4 Å². The van der Waals surface area contributed by atoms with Gasteiger partial charge >= 0.3 is 6.18 Å². The first-order chi connectivity index (χ1) is 16.7. The third kappa shape index (κ3) is 7.01. The molecule has 0 radical (unpaired) electrons. The summed E-state index contributed by atoms with van der Waals surface area (Å²) in [6.45, 7) is 2.66. The zero-order valence-electron chi connectivity index (χ0n) is 19.8. The fourth-order valence-electron chi connectivity index (χ4n) is 3.28. The van der Waals surface area contributed by atoms with Gasteiger partial charge in [0, 0.05) is 19.2 Å². The summed E-state index contributed by atoms with van der Waals surface area (Å²) >= 11 is 0. The molecular formula is C23H27F3N2O7S. The van der Waals surface area contributed by atoms with Crippen molar-refractivity contribution >= 4 is 10.0 Å². The van der Waals surface area contributed by atoms with Gasteiger partial charge in [-0.2, -0.15) is 22.7 Å². The molecule has 2 aromatic carbocycles. The first-order valence-corrected chi connectivity index (χ1v) is 12.1. The smallest absolute Gasteiger partial charge is 0.416 e. The number of nitrogens with zero attached hydrogens (tertiary/aromatic N) is 2. The van der Waals surface area contributed by atoms with Crippen LogP contribution in [0.25, 0.3) is 0 Å². The molecule has 13 heteroatoms. The van der Waals surface area contributed by atoms with Crippen LogP contribution < -0.4 is 9.47 Å². The highest BCUT2D eigenvalue weighted by molar-refractivity contribution is 7.89. The Balaban J connectivity index is 0.000000297. The maximum absolute atomic E-state index is 12.7. The normalized spacial score (nSPS) is 18.3. The Morgan fingerprint density at radius 1 is 1.22 bits per heavy atom. The molecule has 1 unspecified atom stereocenters. The van der Waals surface area contributed by atoms with Crippen LogP contribution in [0.15, 0.2) is 41.3 Å². The predicted molar refractivity (Wildman–Crippen MR) is 122 cm³/mol. The number of nitriles is 1. The van der Waals surface area contributed by atoms with Crippen molar-refractivity contribution in [3.8, 4) is 23.3 Å². The van der Waals surface area contributed by atoms with Gasteiger partial charge in [-0.15, -0.1) is 0 Å². The van der Waals surface area contributed by atoms with Gasteiger partial charge in [-0.25, -0.2) is 8.42 Å². The van der Waals surface area contributed by atoms with Gasteiger partial charge in [-0.05, 0) is 50.6 Å². The van der Waals surface area contributed by atoms with E-state index < -0.39 is 51.0 Å². The van der Waals surface area contributed by atoms with Gasteiger partial charge in [0.05, 0.1) is 35.8 Å². The Morgan fingerprint density at radius 3 is 2.39 bits per heavy atom. The van der Waals surface area contributed by atoms with E-state index in [1.807, 2.05) is 13.8 Å². The number of aromatic hydroxyl groups is 1. The lowest BCUT2D eigenvalue weighted by molar-refractivity contribution is -0.137. The van der Waals surface area contributed by atoms with E-state index in [0.717, 1.165) is 10.4 Å². The van der Waals surface area contributed by atoms with Gasteiger partial charge < -0.3 is 24.8 Å².